The van der Waals surface area contributed by atoms with E-state index in [-0.39, 0.29) is 0 Å². The number of hydrogen-bond acceptors (Lipinski definition) is 3. The molecule has 0 aromatic rings. The molecule has 0 heterocycles. The van der Waals surface area contributed by atoms with E-state index < -0.39 is 0 Å². The molecule has 0 atom stereocenters. The molecule has 0 saturated heterocycles. The Balaban J connectivity index is 1.33. The smallest absolute Gasteiger partial charge is 0.0580 e. The van der Waals surface area contributed by atoms with Gasteiger partial charge < -0.3 is 15.4 Å². The first-order valence-electron chi connectivity index (χ1n) is 6.94. The molecule has 0 unspecified atom stereocenters. The standard InChI is InChI=1S/C13H26N2O/c1-2-16-13-9-11(10-13)5-6-14-7-8-15-12-3-4-12/h11-15H,2-10H2,1H3. The summed E-state index contributed by atoms with van der Waals surface area (Å²) < 4.78 is 5.56. The predicted octanol–water partition coefficient (Wildman–Crippen LogP) is 1.53. The van der Waals surface area contributed by atoms with Gasteiger partial charge in [-0.3, -0.25) is 0 Å². The van der Waals surface area contributed by atoms with Crippen molar-refractivity contribution in [1.82, 2.24) is 10.6 Å². The molecule has 0 spiro atoms. The fourth-order valence-electron chi connectivity index (χ4n) is 2.37. The maximum atomic E-state index is 5.56. The fraction of sp³-hybridized carbons (Fsp3) is 1.00. The quantitative estimate of drug-likeness (QED) is 0.585. The van der Waals surface area contributed by atoms with Crippen LogP contribution in [0.3, 0.4) is 0 Å². The van der Waals surface area contributed by atoms with Gasteiger partial charge in [-0.25, -0.2) is 0 Å². The van der Waals surface area contributed by atoms with Gasteiger partial charge in [-0.1, -0.05) is 0 Å². The Bertz CT molecular complexity index is 188. The third kappa shape index (κ3) is 4.40. The molecule has 0 bridgehead atoms. The molecule has 0 amide bonds. The van der Waals surface area contributed by atoms with Crippen molar-refractivity contribution in [2.45, 2.75) is 51.2 Å². The summed E-state index contributed by atoms with van der Waals surface area (Å²) in [6.07, 6.45) is 7.26. The molecule has 0 aliphatic heterocycles. The van der Waals surface area contributed by atoms with E-state index in [9.17, 15) is 0 Å². The summed E-state index contributed by atoms with van der Waals surface area (Å²) in [7, 11) is 0. The maximum absolute atomic E-state index is 5.56. The molecule has 2 N–H and O–H groups in total. The summed E-state index contributed by atoms with van der Waals surface area (Å²) in [5, 5.41) is 7.03. The lowest BCUT2D eigenvalue weighted by Crippen LogP contribution is -2.35. The van der Waals surface area contributed by atoms with E-state index >= 15 is 0 Å². The highest BCUT2D eigenvalue weighted by Gasteiger charge is 2.28. The van der Waals surface area contributed by atoms with E-state index in [4.69, 9.17) is 4.74 Å². The molecule has 2 aliphatic carbocycles. The van der Waals surface area contributed by atoms with Crippen molar-refractivity contribution in [2.75, 3.05) is 26.2 Å². The Hall–Kier alpha value is -0.120. The monoisotopic (exact) mass is 226 g/mol. The Morgan fingerprint density at radius 3 is 2.62 bits per heavy atom. The molecule has 0 aromatic heterocycles. The van der Waals surface area contributed by atoms with Crippen LogP contribution >= 0.6 is 0 Å². The second-order valence-electron chi connectivity index (χ2n) is 5.18. The molecule has 2 fully saturated rings. The van der Waals surface area contributed by atoms with Crippen LogP contribution in [-0.4, -0.2) is 38.4 Å². The molecule has 3 heteroatoms. The van der Waals surface area contributed by atoms with E-state index in [1.807, 2.05) is 0 Å². The Kier molecular flexibility index (Phi) is 5.07. The highest BCUT2D eigenvalue weighted by atomic mass is 16.5. The summed E-state index contributed by atoms with van der Waals surface area (Å²) in [4.78, 5) is 0. The van der Waals surface area contributed by atoms with Crippen molar-refractivity contribution in [3.63, 3.8) is 0 Å². The van der Waals surface area contributed by atoms with Gasteiger partial charge in [0.25, 0.3) is 0 Å². The van der Waals surface area contributed by atoms with Crippen LogP contribution in [0.2, 0.25) is 0 Å². The van der Waals surface area contributed by atoms with Crippen molar-refractivity contribution in [3.8, 4) is 0 Å². The zero-order chi connectivity index (χ0) is 11.2. The molecule has 2 aliphatic rings. The summed E-state index contributed by atoms with van der Waals surface area (Å²) in [5.41, 5.74) is 0. The molecule has 16 heavy (non-hydrogen) atoms. The van der Waals surface area contributed by atoms with Crippen LogP contribution in [0.15, 0.2) is 0 Å². The Morgan fingerprint density at radius 1 is 1.12 bits per heavy atom. The van der Waals surface area contributed by atoms with Crippen LogP contribution < -0.4 is 10.6 Å². The summed E-state index contributed by atoms with van der Waals surface area (Å²) in [6.45, 7) is 6.40. The van der Waals surface area contributed by atoms with Crippen molar-refractivity contribution >= 4 is 0 Å². The average Bonchev–Trinajstić information content (AvgIpc) is 3.02. The van der Waals surface area contributed by atoms with Crippen LogP contribution in [0, 0.1) is 5.92 Å². The van der Waals surface area contributed by atoms with E-state index in [2.05, 4.69) is 17.6 Å². The molecule has 3 nitrogen and oxygen atoms in total. The van der Waals surface area contributed by atoms with Gasteiger partial charge in [0.15, 0.2) is 0 Å². The van der Waals surface area contributed by atoms with E-state index in [0.717, 1.165) is 31.7 Å². The van der Waals surface area contributed by atoms with Gasteiger partial charge in [-0.15, -0.1) is 0 Å². The molecule has 2 saturated carbocycles. The van der Waals surface area contributed by atoms with Crippen molar-refractivity contribution < 1.29 is 4.74 Å². The van der Waals surface area contributed by atoms with Gasteiger partial charge in [-0.2, -0.15) is 0 Å². The van der Waals surface area contributed by atoms with Crippen molar-refractivity contribution in [2.24, 2.45) is 5.92 Å². The summed E-state index contributed by atoms with van der Waals surface area (Å²) >= 11 is 0. The van der Waals surface area contributed by atoms with Gasteiger partial charge >= 0.3 is 0 Å². The third-order valence-electron chi connectivity index (χ3n) is 3.64. The van der Waals surface area contributed by atoms with Gasteiger partial charge in [0.1, 0.15) is 0 Å². The van der Waals surface area contributed by atoms with Crippen LogP contribution in [0.25, 0.3) is 0 Å². The van der Waals surface area contributed by atoms with Gasteiger partial charge in [0, 0.05) is 25.7 Å². The lowest BCUT2D eigenvalue weighted by atomic mass is 9.80. The molecule has 0 aromatic carbocycles. The lowest BCUT2D eigenvalue weighted by molar-refractivity contribution is -0.0262. The van der Waals surface area contributed by atoms with Crippen LogP contribution in [0.4, 0.5) is 0 Å². The molecular weight excluding hydrogens is 200 g/mol. The molecule has 0 radical (unpaired) electrons. The van der Waals surface area contributed by atoms with Crippen LogP contribution in [0.5, 0.6) is 0 Å². The predicted molar refractivity (Wildman–Crippen MR) is 66.6 cm³/mol. The summed E-state index contributed by atoms with van der Waals surface area (Å²) in [6, 6.07) is 0.848. The first kappa shape index (κ1) is 12.3. The van der Waals surface area contributed by atoms with Gasteiger partial charge in [0.05, 0.1) is 6.10 Å². The van der Waals surface area contributed by atoms with Crippen LogP contribution in [0.1, 0.15) is 39.0 Å². The lowest BCUT2D eigenvalue weighted by Gasteiger charge is -2.35. The van der Waals surface area contributed by atoms with Crippen molar-refractivity contribution in [1.29, 1.82) is 0 Å². The number of ether oxygens (including phenoxy) is 1. The second kappa shape index (κ2) is 6.58. The zero-order valence-corrected chi connectivity index (χ0v) is 10.5. The Morgan fingerprint density at radius 2 is 1.94 bits per heavy atom. The highest BCUT2D eigenvalue weighted by Crippen LogP contribution is 2.32. The molecular formula is C13H26N2O. The fourth-order valence-corrected chi connectivity index (χ4v) is 2.37. The molecule has 2 rings (SSSR count). The zero-order valence-electron chi connectivity index (χ0n) is 10.5. The maximum Gasteiger partial charge on any atom is 0.0580 e. The van der Waals surface area contributed by atoms with E-state index in [1.54, 1.807) is 0 Å². The Labute approximate surface area is 99.3 Å². The second-order valence-corrected chi connectivity index (χ2v) is 5.18. The number of hydrogen-bond donors (Lipinski definition) is 2. The van der Waals surface area contributed by atoms with E-state index in [0.29, 0.717) is 6.10 Å². The minimum atomic E-state index is 0.575. The minimum absolute atomic E-state index is 0.575. The van der Waals surface area contributed by atoms with Gasteiger partial charge in [-0.05, 0) is 51.5 Å². The topological polar surface area (TPSA) is 33.3 Å². The minimum Gasteiger partial charge on any atom is -0.378 e. The average molecular weight is 226 g/mol. The largest absolute Gasteiger partial charge is 0.378 e. The first-order chi connectivity index (χ1) is 7.88. The highest BCUT2D eigenvalue weighted by molar-refractivity contribution is 4.82. The first-order valence-corrected chi connectivity index (χ1v) is 6.94. The van der Waals surface area contributed by atoms with Crippen molar-refractivity contribution in [3.05, 3.63) is 0 Å². The number of rotatable bonds is 9. The summed E-state index contributed by atoms with van der Waals surface area (Å²) in [5.74, 6) is 0.917. The SMILES string of the molecule is CCOC1CC(CCNCCNC2CC2)C1. The molecule has 94 valence electrons. The van der Waals surface area contributed by atoms with Gasteiger partial charge in [0.2, 0.25) is 0 Å². The normalized spacial score (nSPS) is 29.1. The van der Waals surface area contributed by atoms with E-state index in [1.165, 1.54) is 38.6 Å². The van der Waals surface area contributed by atoms with Crippen LogP contribution in [-0.2, 0) is 4.74 Å². The number of nitrogens with one attached hydrogen (secondary N) is 2. The third-order valence-corrected chi connectivity index (χ3v) is 3.64.